The normalized spacial score (nSPS) is 13.3. The second-order valence-electron chi connectivity index (χ2n) is 33.5. The van der Waals surface area contributed by atoms with E-state index in [0.29, 0.717) is 0 Å². The van der Waals surface area contributed by atoms with Gasteiger partial charge < -0.3 is 14.7 Å². The molecule has 20 aromatic carbocycles. The van der Waals surface area contributed by atoms with Crippen LogP contribution in [0.2, 0.25) is 0 Å². The van der Waals surface area contributed by atoms with Crippen LogP contribution in [0, 0.1) is 0 Å². The zero-order valence-corrected chi connectivity index (χ0v) is 69.3. The number of hydrogen-bond acceptors (Lipinski definition) is 3. The van der Waals surface area contributed by atoms with Gasteiger partial charge in [-0.05, 0) is 277 Å². The standard InChI is InChI=1S/2C43H29N.C37H25N/c1-3-13-32(14-4-1)44(33-15-5-2-6-16-33)34-26-23-30(24-27-34)31-25-28-42-38(29-31)37-19-9-12-22-41(37)43(42)39-20-10-7-17-35(39)36-18-8-11-21-40(36)43;1-3-13-32(14-4-1)44(33-15-5-2-6-16-33)34-26-23-30(24-27-34)31-25-28-38-37-19-9-12-22-41(37)43(42(38)29-31)39-20-10-7-17-35(39)36-18-8-11-21-40(36)43;1-3-13-26(14-4-1)38(27-15-5-2-6-16-27)28-23-24-36-32(25-28)31-19-9-12-22-35(31)37(36)33-20-10-7-17-29(33)30-18-8-11-21-34(30)37/h2*1-29H;1-25H. The zero-order chi connectivity index (χ0) is 83.3. The predicted molar refractivity (Wildman–Crippen MR) is 523 cm³/mol. The van der Waals surface area contributed by atoms with Gasteiger partial charge in [0.25, 0.3) is 0 Å². The average molecular weight is 1600 g/mol. The summed E-state index contributed by atoms with van der Waals surface area (Å²) < 4.78 is 0. The topological polar surface area (TPSA) is 9.72 Å². The van der Waals surface area contributed by atoms with Crippen molar-refractivity contribution in [3.8, 4) is 89.0 Å². The van der Waals surface area contributed by atoms with Gasteiger partial charge in [-0.15, -0.1) is 0 Å². The van der Waals surface area contributed by atoms with Gasteiger partial charge >= 0.3 is 0 Å². The minimum atomic E-state index is -0.327. The van der Waals surface area contributed by atoms with Crippen LogP contribution in [0.1, 0.15) is 66.8 Å². The summed E-state index contributed by atoms with van der Waals surface area (Å²) in [5.74, 6) is 0. The fourth-order valence-electron chi connectivity index (χ4n) is 22.2. The summed E-state index contributed by atoms with van der Waals surface area (Å²) in [6, 6.07) is 184. The number of hydrogen-bond donors (Lipinski definition) is 0. The second kappa shape index (κ2) is 30.1. The van der Waals surface area contributed by atoms with Crippen LogP contribution in [0.25, 0.3) is 89.0 Å². The Kier molecular flexibility index (Phi) is 17.6. The lowest BCUT2D eigenvalue weighted by Crippen LogP contribution is -2.25. The molecular formula is C123H83N3. The second-order valence-corrected chi connectivity index (χ2v) is 33.5. The molecule has 26 rings (SSSR count). The molecule has 0 N–H and O–H groups in total. The van der Waals surface area contributed by atoms with Crippen LogP contribution in [0.15, 0.2) is 504 Å². The van der Waals surface area contributed by atoms with Crippen molar-refractivity contribution in [2.75, 3.05) is 14.7 Å². The molecule has 6 aliphatic carbocycles. The molecular weight excluding hydrogens is 1520 g/mol. The van der Waals surface area contributed by atoms with Gasteiger partial charge in [-0.2, -0.15) is 0 Å². The molecule has 3 spiro atoms. The Morgan fingerprint density at radius 3 is 0.563 bits per heavy atom. The van der Waals surface area contributed by atoms with Gasteiger partial charge in [0, 0.05) is 51.2 Å². The van der Waals surface area contributed by atoms with E-state index >= 15 is 0 Å². The van der Waals surface area contributed by atoms with Crippen molar-refractivity contribution >= 4 is 51.2 Å². The zero-order valence-electron chi connectivity index (χ0n) is 69.3. The van der Waals surface area contributed by atoms with Crippen LogP contribution >= 0.6 is 0 Å². The third-order valence-electron chi connectivity index (χ3n) is 27.2. The van der Waals surface area contributed by atoms with E-state index < -0.39 is 0 Å². The first-order chi connectivity index (χ1) is 62.5. The number of nitrogens with zero attached hydrogens (tertiary/aromatic N) is 3. The average Bonchev–Trinajstić information content (AvgIpc) is 1.52. The van der Waals surface area contributed by atoms with Crippen LogP contribution in [0.5, 0.6) is 0 Å². The maximum Gasteiger partial charge on any atom is 0.0725 e. The Balaban J connectivity index is 0.000000106. The Morgan fingerprint density at radius 1 is 0.103 bits per heavy atom. The highest BCUT2D eigenvalue weighted by Crippen LogP contribution is 2.67. The Morgan fingerprint density at radius 2 is 0.278 bits per heavy atom. The number of benzene rings is 20. The molecule has 0 fully saturated rings. The summed E-state index contributed by atoms with van der Waals surface area (Å²) in [4.78, 5) is 6.97. The van der Waals surface area contributed by atoms with E-state index in [9.17, 15) is 0 Å². The first-order valence-electron chi connectivity index (χ1n) is 43.8. The van der Waals surface area contributed by atoms with E-state index in [1.807, 2.05) is 0 Å². The van der Waals surface area contributed by atoms with Crippen molar-refractivity contribution in [1.29, 1.82) is 0 Å². The molecule has 20 aromatic rings. The van der Waals surface area contributed by atoms with Crippen LogP contribution in [-0.2, 0) is 16.2 Å². The highest BCUT2D eigenvalue weighted by Gasteiger charge is 2.55. The van der Waals surface area contributed by atoms with Gasteiger partial charge in [-0.25, -0.2) is 0 Å². The molecule has 0 atom stereocenters. The van der Waals surface area contributed by atoms with Crippen LogP contribution in [0.4, 0.5) is 51.2 Å². The van der Waals surface area contributed by atoms with Gasteiger partial charge in [0.2, 0.25) is 0 Å². The molecule has 0 saturated carbocycles. The maximum absolute atomic E-state index is 2.45. The molecule has 6 aliphatic rings. The Bertz CT molecular complexity index is 7300. The SMILES string of the molecule is c1ccc(N(c2ccccc2)c2ccc(-c3ccc4c(c3)-c3ccccc3C43c4ccccc4-c4ccccc43)cc2)cc1.c1ccc(N(c2ccccc2)c2ccc(-c3ccc4c(c3)C3(c5ccccc5-c5ccccc53)c3ccccc3-4)cc2)cc1.c1ccc(N(c2ccccc2)c2ccc3c(c2)-c2ccccc2C32c3ccccc3-c3ccccc32)cc1. The van der Waals surface area contributed by atoms with Gasteiger partial charge in [0.05, 0.1) is 16.2 Å². The molecule has 590 valence electrons. The van der Waals surface area contributed by atoms with Gasteiger partial charge in [0.1, 0.15) is 0 Å². The maximum atomic E-state index is 2.45. The van der Waals surface area contributed by atoms with Gasteiger partial charge in [0.15, 0.2) is 0 Å². The highest BCUT2D eigenvalue weighted by molar-refractivity contribution is 6.01. The quantitative estimate of drug-likeness (QED) is 0.128. The van der Waals surface area contributed by atoms with E-state index in [1.165, 1.54) is 156 Å². The molecule has 0 unspecified atom stereocenters. The summed E-state index contributed by atoms with van der Waals surface area (Å²) in [6.45, 7) is 0. The summed E-state index contributed by atoms with van der Waals surface area (Å²) in [7, 11) is 0. The summed E-state index contributed by atoms with van der Waals surface area (Å²) in [5, 5.41) is 0. The van der Waals surface area contributed by atoms with Crippen LogP contribution in [-0.4, -0.2) is 0 Å². The highest BCUT2D eigenvalue weighted by atomic mass is 15.2. The molecule has 0 heterocycles. The van der Waals surface area contributed by atoms with Crippen molar-refractivity contribution in [2.24, 2.45) is 0 Å². The molecule has 0 saturated heterocycles. The lowest BCUT2D eigenvalue weighted by Gasteiger charge is -2.31. The van der Waals surface area contributed by atoms with Crippen molar-refractivity contribution in [3.63, 3.8) is 0 Å². The van der Waals surface area contributed by atoms with Gasteiger partial charge in [-0.1, -0.05) is 382 Å². The molecule has 0 aliphatic heterocycles. The summed E-state index contributed by atoms with van der Waals surface area (Å²) >= 11 is 0. The Hall–Kier alpha value is -16.2. The lowest BCUT2D eigenvalue weighted by molar-refractivity contribution is 0.794. The number of rotatable bonds is 11. The van der Waals surface area contributed by atoms with Gasteiger partial charge in [-0.3, -0.25) is 0 Å². The van der Waals surface area contributed by atoms with E-state index in [2.05, 4.69) is 518 Å². The van der Waals surface area contributed by atoms with Crippen LogP contribution in [0.3, 0.4) is 0 Å². The largest absolute Gasteiger partial charge is 0.311 e. The molecule has 3 heteroatoms. The van der Waals surface area contributed by atoms with E-state index in [4.69, 9.17) is 0 Å². The van der Waals surface area contributed by atoms with Crippen molar-refractivity contribution < 1.29 is 0 Å². The fraction of sp³-hybridized carbons (Fsp3) is 0.0244. The lowest BCUT2D eigenvalue weighted by atomic mass is 9.70. The smallest absolute Gasteiger partial charge is 0.0725 e. The van der Waals surface area contributed by atoms with Crippen LogP contribution < -0.4 is 14.7 Å². The first kappa shape index (κ1) is 73.7. The van der Waals surface area contributed by atoms with Crippen molar-refractivity contribution in [2.45, 2.75) is 16.2 Å². The Labute approximate surface area is 736 Å². The van der Waals surface area contributed by atoms with E-state index in [1.54, 1.807) is 0 Å². The molecule has 0 bridgehead atoms. The number of anilines is 9. The molecule has 126 heavy (non-hydrogen) atoms. The van der Waals surface area contributed by atoms with Crippen molar-refractivity contribution in [3.05, 3.63) is 570 Å². The third kappa shape index (κ3) is 11.3. The fourth-order valence-corrected chi connectivity index (χ4v) is 22.2. The molecule has 0 aromatic heterocycles. The predicted octanol–water partition coefficient (Wildman–Crippen LogP) is 31.8. The number of para-hydroxylation sites is 6. The minimum Gasteiger partial charge on any atom is -0.311 e. The minimum absolute atomic E-state index is 0.298. The van der Waals surface area contributed by atoms with E-state index in [0.717, 1.165) is 51.2 Å². The molecule has 0 radical (unpaired) electrons. The van der Waals surface area contributed by atoms with E-state index in [-0.39, 0.29) is 16.2 Å². The first-order valence-corrected chi connectivity index (χ1v) is 43.8. The molecule has 0 amide bonds. The summed E-state index contributed by atoms with van der Waals surface area (Å²) in [5.41, 5.74) is 46.7. The number of fused-ring (bicyclic) bond motifs is 30. The monoisotopic (exact) mass is 1600 g/mol. The third-order valence-corrected chi connectivity index (χ3v) is 27.2. The molecule has 3 nitrogen and oxygen atoms in total. The summed E-state index contributed by atoms with van der Waals surface area (Å²) in [6.07, 6.45) is 0. The van der Waals surface area contributed by atoms with Crippen molar-refractivity contribution in [1.82, 2.24) is 0 Å².